The quantitative estimate of drug-likeness (QED) is 0.756. The average molecular weight is 240 g/mol. The Kier molecular flexibility index (Phi) is 3.99. The molecule has 2 atom stereocenters. The maximum absolute atomic E-state index is 12.2. The van der Waals surface area contributed by atoms with Crippen LogP contribution in [0.2, 0.25) is 0 Å². The van der Waals surface area contributed by atoms with Crippen LogP contribution in [0.15, 0.2) is 0 Å². The SMILES string of the molecule is COCC1CCCN(C(=O)C2CNC(=O)C2)C1. The Balaban J connectivity index is 1.88. The number of amides is 2. The topological polar surface area (TPSA) is 58.6 Å². The van der Waals surface area contributed by atoms with Crippen LogP contribution in [0.25, 0.3) is 0 Å². The van der Waals surface area contributed by atoms with E-state index < -0.39 is 0 Å². The maximum atomic E-state index is 12.2. The van der Waals surface area contributed by atoms with Gasteiger partial charge in [-0.3, -0.25) is 9.59 Å². The number of ether oxygens (including phenoxy) is 1. The molecule has 2 saturated heterocycles. The first-order valence-electron chi connectivity index (χ1n) is 6.25. The molecule has 2 heterocycles. The molecular weight excluding hydrogens is 220 g/mol. The van der Waals surface area contributed by atoms with E-state index in [1.54, 1.807) is 7.11 Å². The van der Waals surface area contributed by atoms with E-state index in [2.05, 4.69) is 5.32 Å². The second-order valence-corrected chi connectivity index (χ2v) is 4.95. The molecule has 0 spiro atoms. The second kappa shape index (κ2) is 5.49. The first-order chi connectivity index (χ1) is 8.20. The van der Waals surface area contributed by atoms with Crippen molar-refractivity contribution in [3.8, 4) is 0 Å². The van der Waals surface area contributed by atoms with Gasteiger partial charge in [0.15, 0.2) is 0 Å². The van der Waals surface area contributed by atoms with Gasteiger partial charge in [-0.15, -0.1) is 0 Å². The fourth-order valence-electron chi connectivity index (χ4n) is 2.67. The van der Waals surface area contributed by atoms with E-state index in [1.165, 1.54) is 0 Å². The molecular formula is C12H20N2O3. The maximum Gasteiger partial charge on any atom is 0.227 e. The number of hydrogen-bond acceptors (Lipinski definition) is 3. The number of nitrogens with one attached hydrogen (secondary N) is 1. The minimum atomic E-state index is -0.149. The van der Waals surface area contributed by atoms with E-state index >= 15 is 0 Å². The van der Waals surface area contributed by atoms with Crippen molar-refractivity contribution in [1.29, 1.82) is 0 Å². The molecule has 0 bridgehead atoms. The summed E-state index contributed by atoms with van der Waals surface area (Å²) in [5.74, 6) is 0.421. The first kappa shape index (κ1) is 12.4. The highest BCUT2D eigenvalue weighted by molar-refractivity contribution is 5.89. The van der Waals surface area contributed by atoms with Crippen molar-refractivity contribution in [1.82, 2.24) is 10.2 Å². The number of hydrogen-bond donors (Lipinski definition) is 1. The van der Waals surface area contributed by atoms with Gasteiger partial charge in [0.2, 0.25) is 11.8 Å². The molecule has 0 saturated carbocycles. The van der Waals surface area contributed by atoms with E-state index in [9.17, 15) is 9.59 Å². The third kappa shape index (κ3) is 2.97. The molecule has 0 radical (unpaired) electrons. The van der Waals surface area contributed by atoms with Gasteiger partial charge >= 0.3 is 0 Å². The fraction of sp³-hybridized carbons (Fsp3) is 0.833. The van der Waals surface area contributed by atoms with Crippen molar-refractivity contribution in [3.05, 3.63) is 0 Å². The summed E-state index contributed by atoms with van der Waals surface area (Å²) >= 11 is 0. The Morgan fingerprint density at radius 1 is 1.59 bits per heavy atom. The molecule has 96 valence electrons. The Hall–Kier alpha value is -1.10. The molecule has 5 nitrogen and oxygen atoms in total. The molecule has 0 aromatic heterocycles. The van der Waals surface area contributed by atoms with Crippen LogP contribution in [0.4, 0.5) is 0 Å². The van der Waals surface area contributed by atoms with Gasteiger partial charge in [-0.2, -0.15) is 0 Å². The molecule has 5 heteroatoms. The van der Waals surface area contributed by atoms with Gasteiger partial charge in [0.1, 0.15) is 0 Å². The molecule has 2 aliphatic rings. The zero-order chi connectivity index (χ0) is 12.3. The highest BCUT2D eigenvalue weighted by Gasteiger charge is 2.33. The third-order valence-corrected chi connectivity index (χ3v) is 3.56. The molecule has 1 N–H and O–H groups in total. The lowest BCUT2D eigenvalue weighted by Gasteiger charge is -2.33. The Bertz CT molecular complexity index is 304. The molecule has 17 heavy (non-hydrogen) atoms. The van der Waals surface area contributed by atoms with Gasteiger partial charge in [-0.25, -0.2) is 0 Å². The Morgan fingerprint density at radius 2 is 2.41 bits per heavy atom. The minimum Gasteiger partial charge on any atom is -0.384 e. The van der Waals surface area contributed by atoms with E-state index in [-0.39, 0.29) is 17.7 Å². The van der Waals surface area contributed by atoms with Crippen LogP contribution in [0.1, 0.15) is 19.3 Å². The molecule has 0 aromatic carbocycles. The van der Waals surface area contributed by atoms with Crippen molar-refractivity contribution in [2.24, 2.45) is 11.8 Å². The smallest absolute Gasteiger partial charge is 0.227 e. The molecule has 2 unspecified atom stereocenters. The number of rotatable bonds is 3. The van der Waals surface area contributed by atoms with Crippen molar-refractivity contribution in [3.63, 3.8) is 0 Å². The minimum absolute atomic E-state index is 0.00574. The van der Waals surface area contributed by atoms with Gasteiger partial charge in [0, 0.05) is 33.2 Å². The van der Waals surface area contributed by atoms with Gasteiger partial charge < -0.3 is 15.0 Å². The fourth-order valence-corrected chi connectivity index (χ4v) is 2.67. The molecule has 2 fully saturated rings. The van der Waals surface area contributed by atoms with Gasteiger partial charge in [0.25, 0.3) is 0 Å². The summed E-state index contributed by atoms with van der Waals surface area (Å²) < 4.78 is 5.15. The zero-order valence-electron chi connectivity index (χ0n) is 10.3. The summed E-state index contributed by atoms with van der Waals surface area (Å²) in [6.07, 6.45) is 2.51. The zero-order valence-corrected chi connectivity index (χ0v) is 10.3. The van der Waals surface area contributed by atoms with E-state index in [4.69, 9.17) is 4.74 Å². The van der Waals surface area contributed by atoms with Crippen LogP contribution < -0.4 is 5.32 Å². The standard InChI is InChI=1S/C12H20N2O3/c1-17-8-9-3-2-4-14(7-9)12(16)10-5-11(15)13-6-10/h9-10H,2-8H2,1H3,(H,13,15). The predicted molar refractivity (Wildman–Crippen MR) is 62.3 cm³/mol. The van der Waals surface area contributed by atoms with Gasteiger partial charge in [0.05, 0.1) is 12.5 Å². The molecule has 0 aliphatic carbocycles. The van der Waals surface area contributed by atoms with Crippen molar-refractivity contribution >= 4 is 11.8 Å². The molecule has 2 rings (SSSR count). The number of carbonyl (C=O) groups excluding carboxylic acids is 2. The van der Waals surface area contributed by atoms with Crippen LogP contribution in [0, 0.1) is 11.8 Å². The van der Waals surface area contributed by atoms with Crippen LogP contribution in [-0.4, -0.2) is 50.1 Å². The second-order valence-electron chi connectivity index (χ2n) is 4.95. The van der Waals surface area contributed by atoms with Crippen molar-refractivity contribution in [2.75, 3.05) is 33.4 Å². The summed E-state index contributed by atoms with van der Waals surface area (Å²) in [5, 5.41) is 2.71. The molecule has 2 amide bonds. The molecule has 2 aliphatic heterocycles. The summed E-state index contributed by atoms with van der Waals surface area (Å²) in [6.45, 7) is 2.82. The van der Waals surface area contributed by atoms with E-state index in [1.807, 2.05) is 4.90 Å². The number of nitrogens with zero attached hydrogens (tertiary/aromatic N) is 1. The van der Waals surface area contributed by atoms with Crippen molar-refractivity contribution in [2.45, 2.75) is 19.3 Å². The van der Waals surface area contributed by atoms with E-state index in [0.717, 1.165) is 25.9 Å². The average Bonchev–Trinajstić information content (AvgIpc) is 2.76. The van der Waals surface area contributed by atoms with Crippen LogP contribution in [-0.2, 0) is 14.3 Å². The summed E-state index contributed by atoms with van der Waals surface area (Å²) in [4.78, 5) is 25.2. The summed E-state index contributed by atoms with van der Waals surface area (Å²) in [7, 11) is 1.69. The largest absolute Gasteiger partial charge is 0.384 e. The van der Waals surface area contributed by atoms with Crippen molar-refractivity contribution < 1.29 is 14.3 Å². The predicted octanol–water partition coefficient (Wildman–Crippen LogP) is 0.00750. The highest BCUT2D eigenvalue weighted by Crippen LogP contribution is 2.20. The number of carbonyl (C=O) groups is 2. The molecule has 0 aromatic rings. The summed E-state index contributed by atoms with van der Waals surface area (Å²) in [5.41, 5.74) is 0. The normalized spacial score (nSPS) is 29.2. The van der Waals surface area contributed by atoms with Crippen LogP contribution in [0.3, 0.4) is 0 Å². The number of likely N-dealkylation sites (tertiary alicyclic amines) is 1. The van der Waals surface area contributed by atoms with E-state index in [0.29, 0.717) is 25.5 Å². The van der Waals surface area contributed by atoms with Gasteiger partial charge in [-0.05, 0) is 18.8 Å². The lowest BCUT2D eigenvalue weighted by atomic mass is 9.97. The Labute approximate surface area is 101 Å². The Morgan fingerprint density at radius 3 is 3.06 bits per heavy atom. The monoisotopic (exact) mass is 240 g/mol. The lowest BCUT2D eigenvalue weighted by Crippen LogP contribution is -2.44. The highest BCUT2D eigenvalue weighted by atomic mass is 16.5. The first-order valence-corrected chi connectivity index (χ1v) is 6.25. The number of piperidine rings is 1. The summed E-state index contributed by atoms with van der Waals surface area (Å²) in [6, 6.07) is 0. The van der Waals surface area contributed by atoms with Crippen LogP contribution >= 0.6 is 0 Å². The lowest BCUT2D eigenvalue weighted by molar-refractivity contribution is -0.138. The van der Waals surface area contributed by atoms with Gasteiger partial charge in [-0.1, -0.05) is 0 Å². The number of methoxy groups -OCH3 is 1. The third-order valence-electron chi connectivity index (χ3n) is 3.56. The van der Waals surface area contributed by atoms with Crippen LogP contribution in [0.5, 0.6) is 0 Å².